The second-order valence-electron chi connectivity index (χ2n) is 2.66. The van der Waals surface area contributed by atoms with Crippen LogP contribution in [0.25, 0.3) is 0 Å². The highest BCUT2D eigenvalue weighted by Crippen LogP contribution is 1.99. The maximum Gasteiger partial charge on any atom is 0.0645 e. The van der Waals surface area contributed by atoms with Gasteiger partial charge in [0.25, 0.3) is 0 Å². The lowest BCUT2D eigenvalue weighted by atomic mass is 10.2. The minimum absolute atomic E-state index is 0.788. The zero-order valence-electron chi connectivity index (χ0n) is 7.78. The van der Waals surface area contributed by atoms with Gasteiger partial charge in [0.1, 0.15) is 0 Å². The standard InChI is InChI=1S/C11H17Br/c1-2-3-4-5-6-7-8-9-10-11-12/h6-7H,2-5,8,11H2,1H3/b7-6-. The number of rotatable bonds is 5. The van der Waals surface area contributed by atoms with Gasteiger partial charge in [-0.3, -0.25) is 0 Å². The van der Waals surface area contributed by atoms with Gasteiger partial charge in [-0.05, 0) is 12.8 Å². The molecule has 68 valence electrons. The first-order valence-electron chi connectivity index (χ1n) is 4.58. The molecule has 0 saturated carbocycles. The number of halogens is 1. The summed E-state index contributed by atoms with van der Waals surface area (Å²) in [5.74, 6) is 6.01. The van der Waals surface area contributed by atoms with E-state index in [-0.39, 0.29) is 0 Å². The second-order valence-corrected chi connectivity index (χ2v) is 3.22. The average Bonchev–Trinajstić information content (AvgIpc) is 2.10. The van der Waals surface area contributed by atoms with E-state index in [1.165, 1.54) is 25.7 Å². The van der Waals surface area contributed by atoms with E-state index in [0.29, 0.717) is 0 Å². The Kier molecular flexibility index (Phi) is 10.6. The molecule has 0 spiro atoms. The van der Waals surface area contributed by atoms with E-state index in [1.54, 1.807) is 0 Å². The highest BCUT2D eigenvalue weighted by Gasteiger charge is 1.80. The van der Waals surface area contributed by atoms with Gasteiger partial charge in [0.2, 0.25) is 0 Å². The van der Waals surface area contributed by atoms with Crippen LogP contribution in [0.15, 0.2) is 12.2 Å². The fourth-order valence-corrected chi connectivity index (χ4v) is 1.09. The van der Waals surface area contributed by atoms with E-state index in [9.17, 15) is 0 Å². The van der Waals surface area contributed by atoms with Crippen molar-refractivity contribution in [2.75, 3.05) is 5.33 Å². The molecule has 1 heteroatoms. The average molecular weight is 229 g/mol. The van der Waals surface area contributed by atoms with Crippen LogP contribution >= 0.6 is 15.9 Å². The molecule has 12 heavy (non-hydrogen) atoms. The molecule has 0 fully saturated rings. The molecule has 0 bridgehead atoms. The lowest BCUT2D eigenvalue weighted by Gasteiger charge is -1.89. The van der Waals surface area contributed by atoms with Crippen molar-refractivity contribution in [3.63, 3.8) is 0 Å². The predicted molar refractivity (Wildman–Crippen MR) is 59.5 cm³/mol. The summed E-state index contributed by atoms with van der Waals surface area (Å²) < 4.78 is 0. The molecule has 0 nitrogen and oxygen atoms in total. The highest BCUT2D eigenvalue weighted by molar-refractivity contribution is 9.09. The third-order valence-electron chi connectivity index (χ3n) is 1.55. The smallest absolute Gasteiger partial charge is 0.0645 e. The van der Waals surface area contributed by atoms with Gasteiger partial charge in [-0.15, -0.1) is 0 Å². The summed E-state index contributed by atoms with van der Waals surface area (Å²) >= 11 is 3.26. The zero-order valence-corrected chi connectivity index (χ0v) is 9.36. The van der Waals surface area contributed by atoms with Crippen LogP contribution in [0.1, 0.15) is 39.0 Å². The Hall–Kier alpha value is -0.220. The molecular formula is C11H17Br. The number of alkyl halides is 1. The van der Waals surface area contributed by atoms with Crippen molar-refractivity contribution >= 4 is 15.9 Å². The molecule has 0 atom stereocenters. The Balaban J connectivity index is 3.14. The van der Waals surface area contributed by atoms with Crippen LogP contribution in [0.3, 0.4) is 0 Å². The van der Waals surface area contributed by atoms with Gasteiger partial charge in [0.15, 0.2) is 0 Å². The Morgan fingerprint density at radius 2 is 2.00 bits per heavy atom. The molecular weight excluding hydrogens is 212 g/mol. The first-order chi connectivity index (χ1) is 5.91. The fraction of sp³-hybridized carbons (Fsp3) is 0.636. The molecule has 0 aromatic rings. The molecule has 0 N–H and O–H groups in total. The van der Waals surface area contributed by atoms with E-state index >= 15 is 0 Å². The summed E-state index contributed by atoms with van der Waals surface area (Å²) in [6.07, 6.45) is 10.5. The quantitative estimate of drug-likeness (QED) is 0.290. The predicted octanol–water partition coefficient (Wildman–Crippen LogP) is 3.91. The van der Waals surface area contributed by atoms with Crippen molar-refractivity contribution < 1.29 is 0 Å². The lowest BCUT2D eigenvalue weighted by Crippen LogP contribution is -1.70. The summed E-state index contributed by atoms with van der Waals surface area (Å²) in [5.41, 5.74) is 0. The van der Waals surface area contributed by atoms with E-state index < -0.39 is 0 Å². The van der Waals surface area contributed by atoms with Crippen LogP contribution in [0.5, 0.6) is 0 Å². The molecule has 0 rings (SSSR count). The summed E-state index contributed by atoms with van der Waals surface area (Å²) in [5, 5.41) is 0.788. The van der Waals surface area contributed by atoms with Gasteiger partial charge in [-0.25, -0.2) is 0 Å². The van der Waals surface area contributed by atoms with Gasteiger partial charge in [0, 0.05) is 6.42 Å². The fourth-order valence-electron chi connectivity index (χ4n) is 0.892. The number of hydrogen-bond acceptors (Lipinski definition) is 0. The van der Waals surface area contributed by atoms with Crippen molar-refractivity contribution in [2.24, 2.45) is 0 Å². The highest BCUT2D eigenvalue weighted by atomic mass is 79.9. The normalized spacial score (nSPS) is 9.83. The Bertz CT molecular complexity index is 160. The lowest BCUT2D eigenvalue weighted by molar-refractivity contribution is 0.728. The van der Waals surface area contributed by atoms with E-state index in [2.05, 4.69) is 46.8 Å². The molecule has 0 aliphatic carbocycles. The molecule has 0 aromatic carbocycles. The molecule has 0 aliphatic heterocycles. The maximum absolute atomic E-state index is 3.26. The third kappa shape index (κ3) is 9.78. The maximum atomic E-state index is 3.26. The minimum Gasteiger partial charge on any atom is -0.0983 e. The van der Waals surface area contributed by atoms with Gasteiger partial charge in [-0.1, -0.05) is 59.7 Å². The van der Waals surface area contributed by atoms with E-state index in [0.717, 1.165) is 11.8 Å². The minimum atomic E-state index is 0.788. The molecule has 0 radical (unpaired) electrons. The molecule has 0 amide bonds. The van der Waals surface area contributed by atoms with Crippen LogP contribution in [-0.2, 0) is 0 Å². The summed E-state index contributed by atoms with van der Waals surface area (Å²) in [7, 11) is 0. The van der Waals surface area contributed by atoms with Crippen LogP contribution in [0, 0.1) is 11.8 Å². The van der Waals surface area contributed by atoms with Crippen LogP contribution < -0.4 is 0 Å². The van der Waals surface area contributed by atoms with E-state index in [4.69, 9.17) is 0 Å². The summed E-state index contributed by atoms with van der Waals surface area (Å²) in [6, 6.07) is 0. The van der Waals surface area contributed by atoms with Crippen molar-refractivity contribution in [2.45, 2.75) is 39.0 Å². The number of unbranched alkanes of at least 4 members (excludes halogenated alkanes) is 3. The van der Waals surface area contributed by atoms with Crippen LogP contribution in [-0.4, -0.2) is 5.33 Å². The van der Waals surface area contributed by atoms with Crippen molar-refractivity contribution in [1.82, 2.24) is 0 Å². The summed E-state index contributed by atoms with van der Waals surface area (Å²) in [4.78, 5) is 0. The van der Waals surface area contributed by atoms with Gasteiger partial charge < -0.3 is 0 Å². The Morgan fingerprint density at radius 3 is 2.67 bits per heavy atom. The topological polar surface area (TPSA) is 0 Å². The Morgan fingerprint density at radius 1 is 1.17 bits per heavy atom. The molecule has 0 aromatic heterocycles. The molecule has 0 unspecified atom stereocenters. The Labute approximate surface area is 84.6 Å². The monoisotopic (exact) mass is 228 g/mol. The molecule has 0 saturated heterocycles. The summed E-state index contributed by atoms with van der Waals surface area (Å²) in [6.45, 7) is 2.23. The first kappa shape index (κ1) is 11.8. The number of allylic oxidation sites excluding steroid dienone is 2. The van der Waals surface area contributed by atoms with Gasteiger partial charge >= 0.3 is 0 Å². The van der Waals surface area contributed by atoms with Gasteiger partial charge in [0.05, 0.1) is 5.33 Å². The van der Waals surface area contributed by atoms with Crippen molar-refractivity contribution in [3.8, 4) is 11.8 Å². The first-order valence-corrected chi connectivity index (χ1v) is 5.70. The zero-order chi connectivity index (χ0) is 9.07. The van der Waals surface area contributed by atoms with Crippen LogP contribution in [0.4, 0.5) is 0 Å². The molecule has 0 heterocycles. The van der Waals surface area contributed by atoms with Crippen molar-refractivity contribution in [1.29, 1.82) is 0 Å². The third-order valence-corrected chi connectivity index (χ3v) is 1.83. The van der Waals surface area contributed by atoms with Crippen LogP contribution in [0.2, 0.25) is 0 Å². The molecule has 0 aliphatic rings. The van der Waals surface area contributed by atoms with Gasteiger partial charge in [-0.2, -0.15) is 0 Å². The SMILES string of the molecule is CCCCC/C=C\CC#CCBr. The largest absolute Gasteiger partial charge is 0.0983 e. The second kappa shape index (κ2) is 10.8. The van der Waals surface area contributed by atoms with Crippen molar-refractivity contribution in [3.05, 3.63) is 12.2 Å². The van der Waals surface area contributed by atoms with E-state index in [1.807, 2.05) is 0 Å². The number of hydrogen-bond donors (Lipinski definition) is 0.